The van der Waals surface area contributed by atoms with Crippen LogP contribution in [0.15, 0.2) is 0 Å². The Bertz CT molecular complexity index is 379. The highest BCUT2D eigenvalue weighted by Crippen LogP contribution is 2.73. The second-order valence-electron chi connectivity index (χ2n) is 7.71. The molecular formula is C16H24O2. The zero-order valence-corrected chi connectivity index (χ0v) is 11.2. The number of carboxylic acid groups (broad SMARTS) is 1. The molecule has 2 spiro atoms. The van der Waals surface area contributed by atoms with E-state index in [1.54, 1.807) is 0 Å². The highest BCUT2D eigenvalue weighted by Gasteiger charge is 2.64. The lowest BCUT2D eigenvalue weighted by Gasteiger charge is -2.29. The molecule has 0 heterocycles. The first kappa shape index (κ1) is 11.3. The van der Waals surface area contributed by atoms with Gasteiger partial charge in [-0.1, -0.05) is 0 Å². The summed E-state index contributed by atoms with van der Waals surface area (Å²) in [4.78, 5) is 11.0. The van der Waals surface area contributed by atoms with Gasteiger partial charge in [0.05, 0.1) is 0 Å². The van der Waals surface area contributed by atoms with Gasteiger partial charge in [0.25, 0.3) is 0 Å². The Balaban J connectivity index is 1.59. The van der Waals surface area contributed by atoms with Crippen molar-refractivity contribution < 1.29 is 9.90 Å². The van der Waals surface area contributed by atoms with Crippen LogP contribution in [0, 0.1) is 28.6 Å². The summed E-state index contributed by atoms with van der Waals surface area (Å²) in [5.74, 6) is 1.77. The van der Waals surface area contributed by atoms with Crippen LogP contribution in [0.3, 0.4) is 0 Å². The number of rotatable bonds is 2. The Morgan fingerprint density at radius 1 is 0.944 bits per heavy atom. The molecule has 2 unspecified atom stereocenters. The first-order valence-electron chi connectivity index (χ1n) is 7.85. The summed E-state index contributed by atoms with van der Waals surface area (Å²) >= 11 is 0. The van der Waals surface area contributed by atoms with Crippen LogP contribution < -0.4 is 0 Å². The van der Waals surface area contributed by atoms with E-state index in [0.29, 0.717) is 23.2 Å². The molecule has 0 bridgehead atoms. The molecule has 4 aliphatic carbocycles. The van der Waals surface area contributed by atoms with Crippen LogP contribution in [-0.4, -0.2) is 11.1 Å². The summed E-state index contributed by atoms with van der Waals surface area (Å²) in [6.45, 7) is 0. The van der Waals surface area contributed by atoms with Crippen molar-refractivity contribution >= 4 is 5.97 Å². The number of fused-ring (bicyclic) bond motifs is 3. The second-order valence-corrected chi connectivity index (χ2v) is 7.71. The number of aliphatic carboxylic acids is 1. The van der Waals surface area contributed by atoms with E-state index in [0.717, 1.165) is 11.8 Å². The molecule has 0 amide bonds. The lowest BCUT2D eigenvalue weighted by Crippen LogP contribution is -2.23. The lowest BCUT2D eigenvalue weighted by molar-refractivity contribution is -0.138. The van der Waals surface area contributed by atoms with E-state index in [1.807, 2.05) is 0 Å². The molecule has 2 nitrogen and oxygen atoms in total. The van der Waals surface area contributed by atoms with E-state index >= 15 is 0 Å². The van der Waals surface area contributed by atoms with E-state index in [4.69, 9.17) is 5.11 Å². The molecule has 0 aromatic carbocycles. The van der Waals surface area contributed by atoms with Crippen molar-refractivity contribution in [3.05, 3.63) is 0 Å². The van der Waals surface area contributed by atoms with Crippen LogP contribution in [0.2, 0.25) is 0 Å². The van der Waals surface area contributed by atoms with Gasteiger partial charge in [0.2, 0.25) is 0 Å². The quantitative estimate of drug-likeness (QED) is 0.806. The minimum atomic E-state index is -0.578. The fourth-order valence-electron chi connectivity index (χ4n) is 5.55. The molecule has 4 fully saturated rings. The fourth-order valence-corrected chi connectivity index (χ4v) is 5.55. The minimum absolute atomic E-state index is 0.426. The highest BCUT2D eigenvalue weighted by atomic mass is 16.4. The van der Waals surface area contributed by atoms with Crippen LogP contribution in [0.1, 0.15) is 64.2 Å². The summed E-state index contributed by atoms with van der Waals surface area (Å²) in [5.41, 5.74) is 1.38. The van der Waals surface area contributed by atoms with Gasteiger partial charge in [0.1, 0.15) is 0 Å². The van der Waals surface area contributed by atoms with Gasteiger partial charge in [0.15, 0.2) is 0 Å². The molecule has 0 aromatic heterocycles. The largest absolute Gasteiger partial charge is 0.481 e. The monoisotopic (exact) mass is 248 g/mol. The molecule has 3 atom stereocenters. The van der Waals surface area contributed by atoms with E-state index in [-0.39, 0.29) is 0 Å². The zero-order valence-electron chi connectivity index (χ0n) is 11.2. The van der Waals surface area contributed by atoms with Gasteiger partial charge in [-0.2, -0.15) is 0 Å². The molecule has 1 N–H and O–H groups in total. The molecular weight excluding hydrogens is 224 g/mol. The average Bonchev–Trinajstić information content (AvgIpc) is 3.18. The number of hydrogen-bond acceptors (Lipinski definition) is 1. The maximum absolute atomic E-state index is 11.0. The van der Waals surface area contributed by atoms with E-state index in [1.165, 1.54) is 57.8 Å². The Morgan fingerprint density at radius 2 is 1.56 bits per heavy atom. The average molecular weight is 248 g/mol. The van der Waals surface area contributed by atoms with Crippen molar-refractivity contribution in [1.82, 2.24) is 0 Å². The third-order valence-corrected chi connectivity index (χ3v) is 6.90. The number of hydrogen-bond donors (Lipinski definition) is 1. The standard InChI is InChI=1S/C16H24O2/c17-14(18)10-11-1-3-15(5-6-15)12-2-4-16(7-8-16)13(12)9-11/h11-13H,1-10H2,(H,17,18)/t11-,12?,13?/m1/s1. The predicted octanol–water partition coefficient (Wildman–Crippen LogP) is 3.85. The minimum Gasteiger partial charge on any atom is -0.481 e. The summed E-state index contributed by atoms with van der Waals surface area (Å²) in [5, 5.41) is 9.09. The summed E-state index contributed by atoms with van der Waals surface area (Å²) < 4.78 is 0. The van der Waals surface area contributed by atoms with Gasteiger partial charge in [-0.15, -0.1) is 0 Å². The maximum Gasteiger partial charge on any atom is 0.303 e. The summed E-state index contributed by atoms with van der Waals surface area (Å²) in [7, 11) is 0. The van der Waals surface area contributed by atoms with Crippen molar-refractivity contribution in [2.45, 2.75) is 64.2 Å². The van der Waals surface area contributed by atoms with Gasteiger partial charge < -0.3 is 5.11 Å². The summed E-state index contributed by atoms with van der Waals surface area (Å²) in [6.07, 6.45) is 12.9. The first-order chi connectivity index (χ1) is 8.64. The van der Waals surface area contributed by atoms with Crippen molar-refractivity contribution in [3.63, 3.8) is 0 Å². The molecule has 18 heavy (non-hydrogen) atoms. The molecule has 100 valence electrons. The van der Waals surface area contributed by atoms with Crippen LogP contribution in [0.25, 0.3) is 0 Å². The van der Waals surface area contributed by atoms with Crippen LogP contribution in [0.4, 0.5) is 0 Å². The van der Waals surface area contributed by atoms with Crippen molar-refractivity contribution in [2.75, 3.05) is 0 Å². The van der Waals surface area contributed by atoms with Crippen LogP contribution in [-0.2, 0) is 4.79 Å². The fraction of sp³-hybridized carbons (Fsp3) is 0.938. The Kier molecular flexibility index (Phi) is 2.21. The molecule has 4 saturated carbocycles. The smallest absolute Gasteiger partial charge is 0.303 e. The molecule has 4 rings (SSSR count). The van der Waals surface area contributed by atoms with Gasteiger partial charge >= 0.3 is 5.97 Å². The molecule has 0 radical (unpaired) electrons. The topological polar surface area (TPSA) is 37.3 Å². The highest BCUT2D eigenvalue weighted by molar-refractivity contribution is 5.67. The molecule has 0 aliphatic heterocycles. The third kappa shape index (κ3) is 1.57. The van der Waals surface area contributed by atoms with Gasteiger partial charge in [-0.25, -0.2) is 0 Å². The van der Waals surface area contributed by atoms with Gasteiger partial charge in [-0.05, 0) is 86.4 Å². The molecule has 0 aromatic rings. The molecule has 4 aliphatic rings. The third-order valence-electron chi connectivity index (χ3n) is 6.90. The molecule has 0 saturated heterocycles. The SMILES string of the molecule is O=C(O)C[C@@H]1CCC2(CC2)C2CCC3(CC3)C2C1. The van der Waals surface area contributed by atoms with E-state index < -0.39 is 5.97 Å². The predicted molar refractivity (Wildman–Crippen MR) is 69.1 cm³/mol. The Morgan fingerprint density at radius 3 is 2.17 bits per heavy atom. The van der Waals surface area contributed by atoms with E-state index in [9.17, 15) is 4.79 Å². The van der Waals surface area contributed by atoms with Crippen molar-refractivity contribution in [3.8, 4) is 0 Å². The normalized spacial score (nSPS) is 42.6. The second kappa shape index (κ2) is 3.52. The van der Waals surface area contributed by atoms with Gasteiger partial charge in [-0.3, -0.25) is 4.79 Å². The van der Waals surface area contributed by atoms with Gasteiger partial charge in [0, 0.05) is 6.42 Å². The molecule has 2 heteroatoms. The number of carbonyl (C=O) groups is 1. The Hall–Kier alpha value is -0.530. The van der Waals surface area contributed by atoms with Crippen LogP contribution >= 0.6 is 0 Å². The zero-order chi connectivity index (χ0) is 12.4. The summed E-state index contributed by atoms with van der Waals surface area (Å²) in [6, 6.07) is 0. The lowest BCUT2D eigenvalue weighted by atomic mass is 9.76. The number of carboxylic acids is 1. The van der Waals surface area contributed by atoms with E-state index in [2.05, 4.69) is 0 Å². The first-order valence-corrected chi connectivity index (χ1v) is 7.85. The van der Waals surface area contributed by atoms with Crippen molar-refractivity contribution in [1.29, 1.82) is 0 Å². The van der Waals surface area contributed by atoms with Crippen molar-refractivity contribution in [2.24, 2.45) is 28.6 Å². The maximum atomic E-state index is 11.0. The Labute approximate surface area is 109 Å². The van der Waals surface area contributed by atoms with Crippen LogP contribution in [0.5, 0.6) is 0 Å².